The maximum Gasteiger partial charge on any atom is 0.139 e. The Balaban J connectivity index is 2.46. The SMILES string of the molecule is CC(N)(C=O)C1CCC1. The summed E-state index contributed by atoms with van der Waals surface area (Å²) in [4.78, 5) is 10.3. The molecule has 1 aliphatic carbocycles. The molecule has 0 radical (unpaired) electrons. The molecule has 9 heavy (non-hydrogen) atoms. The van der Waals surface area contributed by atoms with Crippen LogP contribution in [0.25, 0.3) is 0 Å². The van der Waals surface area contributed by atoms with Crippen molar-refractivity contribution in [1.82, 2.24) is 0 Å². The van der Waals surface area contributed by atoms with Gasteiger partial charge >= 0.3 is 0 Å². The van der Waals surface area contributed by atoms with E-state index in [1.165, 1.54) is 6.42 Å². The van der Waals surface area contributed by atoms with Crippen LogP contribution >= 0.6 is 0 Å². The summed E-state index contributed by atoms with van der Waals surface area (Å²) in [5.41, 5.74) is 5.11. The molecule has 1 unspecified atom stereocenters. The van der Waals surface area contributed by atoms with Crippen molar-refractivity contribution in [2.24, 2.45) is 11.7 Å². The van der Waals surface area contributed by atoms with Crippen LogP contribution in [0.5, 0.6) is 0 Å². The molecule has 1 fully saturated rings. The first-order chi connectivity index (χ1) is 4.17. The molecule has 0 spiro atoms. The lowest BCUT2D eigenvalue weighted by molar-refractivity contribution is -0.114. The van der Waals surface area contributed by atoms with Gasteiger partial charge in [-0.25, -0.2) is 0 Å². The second kappa shape index (κ2) is 2.10. The van der Waals surface area contributed by atoms with Crippen molar-refractivity contribution in [2.45, 2.75) is 31.7 Å². The van der Waals surface area contributed by atoms with Gasteiger partial charge in [-0.1, -0.05) is 6.42 Å². The topological polar surface area (TPSA) is 43.1 Å². The standard InChI is InChI=1S/C7H13NO/c1-7(8,5-9)6-3-2-4-6/h5-6H,2-4,8H2,1H3. The van der Waals surface area contributed by atoms with E-state index in [1.54, 1.807) is 0 Å². The average Bonchev–Trinajstić information content (AvgIpc) is 1.60. The highest BCUT2D eigenvalue weighted by Crippen LogP contribution is 2.33. The molecule has 0 aromatic carbocycles. The Labute approximate surface area is 55.4 Å². The molecule has 0 saturated heterocycles. The number of aldehydes is 1. The minimum Gasteiger partial charge on any atom is -0.319 e. The summed E-state index contributed by atoms with van der Waals surface area (Å²) in [6.07, 6.45) is 4.37. The predicted octanol–water partition coefficient (Wildman–Crippen LogP) is 0.703. The van der Waals surface area contributed by atoms with Crippen molar-refractivity contribution in [1.29, 1.82) is 0 Å². The van der Waals surface area contributed by atoms with Crippen molar-refractivity contribution >= 4 is 6.29 Å². The molecule has 0 aromatic heterocycles. The highest BCUT2D eigenvalue weighted by Gasteiger charge is 2.33. The van der Waals surface area contributed by atoms with Gasteiger partial charge in [0.1, 0.15) is 6.29 Å². The maximum atomic E-state index is 10.3. The van der Waals surface area contributed by atoms with E-state index in [0.29, 0.717) is 5.92 Å². The van der Waals surface area contributed by atoms with Crippen LogP contribution in [-0.4, -0.2) is 11.8 Å². The van der Waals surface area contributed by atoms with Gasteiger partial charge in [-0.05, 0) is 25.7 Å². The van der Waals surface area contributed by atoms with Gasteiger partial charge in [-0.3, -0.25) is 0 Å². The Bertz CT molecular complexity index is 116. The molecule has 1 atom stereocenters. The second-order valence-electron chi connectivity index (χ2n) is 3.11. The summed E-state index contributed by atoms with van der Waals surface area (Å²) >= 11 is 0. The van der Waals surface area contributed by atoms with Crippen LogP contribution < -0.4 is 5.73 Å². The lowest BCUT2D eigenvalue weighted by atomic mass is 9.73. The van der Waals surface area contributed by atoms with Crippen LogP contribution in [0.2, 0.25) is 0 Å². The Morgan fingerprint density at radius 3 is 2.33 bits per heavy atom. The number of carbonyl (C=O) groups is 1. The molecule has 2 N–H and O–H groups in total. The number of hydrogen-bond acceptors (Lipinski definition) is 2. The highest BCUT2D eigenvalue weighted by molar-refractivity contribution is 5.63. The van der Waals surface area contributed by atoms with E-state index in [0.717, 1.165) is 19.1 Å². The number of carbonyl (C=O) groups excluding carboxylic acids is 1. The second-order valence-corrected chi connectivity index (χ2v) is 3.11. The van der Waals surface area contributed by atoms with Crippen LogP contribution in [-0.2, 0) is 4.79 Å². The number of nitrogens with two attached hydrogens (primary N) is 1. The summed E-state index contributed by atoms with van der Waals surface area (Å²) in [7, 11) is 0. The predicted molar refractivity (Wildman–Crippen MR) is 36.0 cm³/mol. The zero-order chi connectivity index (χ0) is 6.91. The van der Waals surface area contributed by atoms with Crippen molar-refractivity contribution in [3.05, 3.63) is 0 Å². The van der Waals surface area contributed by atoms with Gasteiger partial charge in [-0.15, -0.1) is 0 Å². The summed E-state index contributed by atoms with van der Waals surface area (Å²) in [6.45, 7) is 1.81. The maximum absolute atomic E-state index is 10.3. The van der Waals surface area contributed by atoms with E-state index in [4.69, 9.17) is 5.73 Å². The smallest absolute Gasteiger partial charge is 0.139 e. The summed E-state index contributed by atoms with van der Waals surface area (Å²) in [5.74, 6) is 0.454. The van der Waals surface area contributed by atoms with Gasteiger partial charge in [-0.2, -0.15) is 0 Å². The van der Waals surface area contributed by atoms with Crippen molar-refractivity contribution in [3.63, 3.8) is 0 Å². The lowest BCUT2D eigenvalue weighted by Gasteiger charge is -2.35. The van der Waals surface area contributed by atoms with Crippen LogP contribution in [0.4, 0.5) is 0 Å². The fraction of sp³-hybridized carbons (Fsp3) is 0.857. The van der Waals surface area contributed by atoms with Gasteiger partial charge in [0.15, 0.2) is 0 Å². The van der Waals surface area contributed by atoms with Crippen LogP contribution in [0, 0.1) is 5.92 Å². The zero-order valence-corrected chi connectivity index (χ0v) is 5.76. The quantitative estimate of drug-likeness (QED) is 0.555. The van der Waals surface area contributed by atoms with Gasteiger partial charge in [0.05, 0.1) is 5.54 Å². The van der Waals surface area contributed by atoms with Gasteiger partial charge < -0.3 is 10.5 Å². The Kier molecular flexibility index (Phi) is 1.58. The summed E-state index contributed by atoms with van der Waals surface area (Å²) < 4.78 is 0. The van der Waals surface area contributed by atoms with E-state index < -0.39 is 5.54 Å². The Morgan fingerprint density at radius 2 is 2.22 bits per heavy atom. The van der Waals surface area contributed by atoms with Crippen LogP contribution in [0.15, 0.2) is 0 Å². The van der Waals surface area contributed by atoms with Gasteiger partial charge in [0, 0.05) is 0 Å². The minimum atomic E-state index is -0.543. The molecule has 1 saturated carbocycles. The van der Waals surface area contributed by atoms with E-state index in [2.05, 4.69) is 0 Å². The first-order valence-electron chi connectivity index (χ1n) is 3.42. The third-order valence-corrected chi connectivity index (χ3v) is 2.24. The Hall–Kier alpha value is -0.370. The summed E-state index contributed by atoms with van der Waals surface area (Å²) in [6, 6.07) is 0. The van der Waals surface area contributed by atoms with E-state index in [-0.39, 0.29) is 0 Å². The summed E-state index contributed by atoms with van der Waals surface area (Å²) in [5, 5.41) is 0. The van der Waals surface area contributed by atoms with Crippen molar-refractivity contribution in [3.8, 4) is 0 Å². The molecule has 1 aliphatic rings. The van der Waals surface area contributed by atoms with E-state index in [9.17, 15) is 4.79 Å². The molecule has 0 aliphatic heterocycles. The molecule has 1 rings (SSSR count). The molecule has 2 heteroatoms. The van der Waals surface area contributed by atoms with Crippen molar-refractivity contribution < 1.29 is 4.79 Å². The highest BCUT2D eigenvalue weighted by atomic mass is 16.1. The third kappa shape index (κ3) is 1.13. The molecule has 0 amide bonds. The molecule has 0 aromatic rings. The molecule has 0 bridgehead atoms. The molecule has 2 nitrogen and oxygen atoms in total. The number of rotatable bonds is 2. The molecular formula is C7H13NO. The van der Waals surface area contributed by atoms with E-state index in [1.807, 2.05) is 6.92 Å². The average molecular weight is 127 g/mol. The fourth-order valence-corrected chi connectivity index (χ4v) is 1.13. The number of hydrogen-bond donors (Lipinski definition) is 1. The molecule has 0 heterocycles. The zero-order valence-electron chi connectivity index (χ0n) is 5.76. The lowest BCUT2D eigenvalue weighted by Crippen LogP contribution is -2.48. The molecule has 52 valence electrons. The van der Waals surface area contributed by atoms with Crippen LogP contribution in [0.3, 0.4) is 0 Å². The Morgan fingerprint density at radius 1 is 1.67 bits per heavy atom. The van der Waals surface area contributed by atoms with Gasteiger partial charge in [0.25, 0.3) is 0 Å². The first kappa shape index (κ1) is 6.75. The third-order valence-electron chi connectivity index (χ3n) is 2.24. The fourth-order valence-electron chi connectivity index (χ4n) is 1.13. The monoisotopic (exact) mass is 127 g/mol. The van der Waals surface area contributed by atoms with Crippen molar-refractivity contribution in [2.75, 3.05) is 0 Å². The normalized spacial score (nSPS) is 26.4. The van der Waals surface area contributed by atoms with Gasteiger partial charge in [0.2, 0.25) is 0 Å². The van der Waals surface area contributed by atoms with E-state index >= 15 is 0 Å². The largest absolute Gasteiger partial charge is 0.319 e. The van der Waals surface area contributed by atoms with Crippen LogP contribution in [0.1, 0.15) is 26.2 Å². The molecular weight excluding hydrogens is 114 g/mol. The minimum absolute atomic E-state index is 0.454. The first-order valence-corrected chi connectivity index (χ1v) is 3.42.